The largest absolute Gasteiger partial charge is 0.310 e. The molecule has 1 aromatic carbocycles. The molecule has 0 aliphatic heterocycles. The monoisotopic (exact) mass is 250 g/mol. The summed E-state index contributed by atoms with van der Waals surface area (Å²) < 4.78 is 26.9. The van der Waals surface area contributed by atoms with Crippen molar-refractivity contribution in [1.82, 2.24) is 9.97 Å². The molecule has 0 radical (unpaired) electrons. The molecule has 0 bridgehead atoms. The van der Waals surface area contributed by atoms with Gasteiger partial charge in [0.15, 0.2) is 11.6 Å². The maximum absolute atomic E-state index is 13.7. The lowest BCUT2D eigenvalue weighted by Crippen LogP contribution is -2.16. The van der Waals surface area contributed by atoms with Gasteiger partial charge in [-0.05, 0) is 19.1 Å². The molecule has 94 valence electrons. The minimum absolute atomic E-state index is 0.00769. The average molecular weight is 250 g/mol. The van der Waals surface area contributed by atoms with Gasteiger partial charge in [-0.2, -0.15) is 0 Å². The molecule has 0 saturated heterocycles. The zero-order valence-electron chi connectivity index (χ0n) is 10.1. The standard InChI is InChI=1S/C13H12F2N2O/c1-3-10-16-12(7(2)13(18)17-10)8-5-4-6-9(14)11(8)15/h4-6H,3H2,1-2H3,(H,16,17,18). The fourth-order valence-electron chi connectivity index (χ4n) is 1.70. The molecule has 0 spiro atoms. The summed E-state index contributed by atoms with van der Waals surface area (Å²) in [5.74, 6) is -1.49. The first-order chi connectivity index (χ1) is 8.54. The maximum Gasteiger partial charge on any atom is 0.254 e. The Balaban J connectivity index is 2.74. The number of nitrogens with one attached hydrogen (secondary N) is 1. The van der Waals surface area contributed by atoms with Gasteiger partial charge in [-0.25, -0.2) is 13.8 Å². The SMILES string of the molecule is CCc1nc(-c2cccc(F)c2F)c(C)c(=O)[nH]1. The normalized spacial score (nSPS) is 10.7. The van der Waals surface area contributed by atoms with E-state index in [2.05, 4.69) is 9.97 Å². The van der Waals surface area contributed by atoms with Crippen LogP contribution in [0.5, 0.6) is 0 Å². The zero-order chi connectivity index (χ0) is 13.3. The molecule has 18 heavy (non-hydrogen) atoms. The van der Waals surface area contributed by atoms with Crippen molar-refractivity contribution < 1.29 is 8.78 Å². The number of aromatic nitrogens is 2. The molecule has 2 rings (SSSR count). The van der Waals surface area contributed by atoms with E-state index >= 15 is 0 Å². The van der Waals surface area contributed by atoms with Crippen molar-refractivity contribution in [1.29, 1.82) is 0 Å². The van der Waals surface area contributed by atoms with Gasteiger partial charge in [0.2, 0.25) is 0 Å². The minimum Gasteiger partial charge on any atom is -0.310 e. The van der Waals surface area contributed by atoms with E-state index in [-0.39, 0.29) is 22.4 Å². The van der Waals surface area contributed by atoms with E-state index in [1.54, 1.807) is 0 Å². The first-order valence-corrected chi connectivity index (χ1v) is 5.58. The quantitative estimate of drug-likeness (QED) is 0.890. The highest BCUT2D eigenvalue weighted by atomic mass is 19.2. The van der Waals surface area contributed by atoms with Crippen LogP contribution in [-0.2, 0) is 6.42 Å². The number of rotatable bonds is 2. The molecular weight excluding hydrogens is 238 g/mol. The van der Waals surface area contributed by atoms with Crippen molar-refractivity contribution in [2.24, 2.45) is 0 Å². The van der Waals surface area contributed by atoms with Gasteiger partial charge in [-0.1, -0.05) is 13.0 Å². The molecule has 1 aromatic heterocycles. The Morgan fingerprint density at radius 3 is 2.72 bits per heavy atom. The fraction of sp³-hybridized carbons (Fsp3) is 0.231. The molecule has 1 heterocycles. The van der Waals surface area contributed by atoms with Gasteiger partial charge in [-0.3, -0.25) is 4.79 Å². The summed E-state index contributed by atoms with van der Waals surface area (Å²) in [5, 5.41) is 0. The van der Waals surface area contributed by atoms with Gasteiger partial charge in [0.05, 0.1) is 5.69 Å². The molecule has 0 unspecified atom stereocenters. The van der Waals surface area contributed by atoms with E-state index in [4.69, 9.17) is 0 Å². The van der Waals surface area contributed by atoms with Crippen LogP contribution in [0.15, 0.2) is 23.0 Å². The Hall–Kier alpha value is -2.04. The summed E-state index contributed by atoms with van der Waals surface area (Å²) in [6, 6.07) is 3.83. The second-order valence-corrected chi connectivity index (χ2v) is 3.94. The topological polar surface area (TPSA) is 45.8 Å². The predicted molar refractivity (Wildman–Crippen MR) is 64.3 cm³/mol. The summed E-state index contributed by atoms with van der Waals surface area (Å²) in [5.41, 5.74) is 0.137. The highest BCUT2D eigenvalue weighted by Gasteiger charge is 2.15. The molecule has 3 nitrogen and oxygen atoms in total. The van der Waals surface area contributed by atoms with Gasteiger partial charge in [0.25, 0.3) is 5.56 Å². The fourth-order valence-corrected chi connectivity index (χ4v) is 1.70. The van der Waals surface area contributed by atoms with Gasteiger partial charge >= 0.3 is 0 Å². The molecule has 0 fully saturated rings. The summed E-state index contributed by atoms with van der Waals surface area (Å²) in [4.78, 5) is 18.4. The lowest BCUT2D eigenvalue weighted by Gasteiger charge is -2.08. The first kappa shape index (κ1) is 12.4. The van der Waals surface area contributed by atoms with Crippen LogP contribution in [0.1, 0.15) is 18.3 Å². The third-order valence-electron chi connectivity index (χ3n) is 2.74. The molecule has 0 aliphatic rings. The van der Waals surface area contributed by atoms with Crippen LogP contribution in [0.3, 0.4) is 0 Å². The van der Waals surface area contributed by atoms with Crippen LogP contribution < -0.4 is 5.56 Å². The Morgan fingerprint density at radius 2 is 2.06 bits per heavy atom. The van der Waals surface area contributed by atoms with Crippen molar-refractivity contribution in [3.05, 3.63) is 51.6 Å². The molecule has 5 heteroatoms. The summed E-state index contributed by atoms with van der Waals surface area (Å²) >= 11 is 0. The molecule has 0 saturated carbocycles. The van der Waals surface area contributed by atoms with E-state index in [9.17, 15) is 13.6 Å². The van der Waals surface area contributed by atoms with Crippen molar-refractivity contribution in [2.75, 3.05) is 0 Å². The Bertz CT molecular complexity index is 650. The number of halogens is 2. The number of aromatic amines is 1. The number of nitrogens with zero attached hydrogens (tertiary/aromatic N) is 1. The smallest absolute Gasteiger partial charge is 0.254 e. The van der Waals surface area contributed by atoms with Crippen molar-refractivity contribution in [3.63, 3.8) is 0 Å². The molecule has 1 N–H and O–H groups in total. The van der Waals surface area contributed by atoms with Crippen LogP contribution in [0.2, 0.25) is 0 Å². The van der Waals surface area contributed by atoms with E-state index in [0.29, 0.717) is 12.2 Å². The second kappa shape index (κ2) is 4.68. The highest BCUT2D eigenvalue weighted by molar-refractivity contribution is 5.63. The van der Waals surface area contributed by atoms with Crippen LogP contribution >= 0.6 is 0 Å². The molecule has 2 aromatic rings. The predicted octanol–water partition coefficient (Wildman–Crippen LogP) is 2.59. The number of benzene rings is 1. The van der Waals surface area contributed by atoms with E-state index in [0.717, 1.165) is 6.07 Å². The number of hydrogen-bond donors (Lipinski definition) is 1. The third kappa shape index (κ3) is 2.03. The first-order valence-electron chi connectivity index (χ1n) is 5.58. The van der Waals surface area contributed by atoms with Crippen molar-refractivity contribution in [3.8, 4) is 11.3 Å². The third-order valence-corrected chi connectivity index (χ3v) is 2.74. The second-order valence-electron chi connectivity index (χ2n) is 3.94. The number of H-pyrrole nitrogens is 1. The van der Waals surface area contributed by atoms with E-state index in [1.807, 2.05) is 6.92 Å². The average Bonchev–Trinajstić information content (AvgIpc) is 2.36. The lowest BCUT2D eigenvalue weighted by atomic mass is 10.1. The minimum atomic E-state index is -0.985. The highest BCUT2D eigenvalue weighted by Crippen LogP contribution is 2.24. The van der Waals surface area contributed by atoms with E-state index < -0.39 is 11.6 Å². The zero-order valence-corrected chi connectivity index (χ0v) is 10.1. The summed E-state index contributed by atoms with van der Waals surface area (Å²) in [6.07, 6.45) is 0.513. The van der Waals surface area contributed by atoms with Crippen LogP contribution in [-0.4, -0.2) is 9.97 Å². The number of aryl methyl sites for hydroxylation is 1. The Kier molecular flexibility index (Phi) is 3.23. The Morgan fingerprint density at radius 1 is 1.33 bits per heavy atom. The lowest BCUT2D eigenvalue weighted by molar-refractivity contribution is 0.510. The number of hydrogen-bond acceptors (Lipinski definition) is 2. The van der Waals surface area contributed by atoms with Gasteiger partial charge in [-0.15, -0.1) is 0 Å². The molecular formula is C13H12F2N2O. The van der Waals surface area contributed by atoms with E-state index in [1.165, 1.54) is 19.1 Å². The van der Waals surface area contributed by atoms with Crippen LogP contribution in [0, 0.1) is 18.6 Å². The Labute approximate surface area is 103 Å². The molecule has 0 atom stereocenters. The van der Waals surface area contributed by atoms with Crippen LogP contribution in [0.25, 0.3) is 11.3 Å². The maximum atomic E-state index is 13.7. The molecule has 0 amide bonds. The van der Waals surface area contributed by atoms with Crippen LogP contribution in [0.4, 0.5) is 8.78 Å². The molecule has 0 aliphatic carbocycles. The van der Waals surface area contributed by atoms with Crippen molar-refractivity contribution in [2.45, 2.75) is 20.3 Å². The van der Waals surface area contributed by atoms with Gasteiger partial charge < -0.3 is 4.98 Å². The van der Waals surface area contributed by atoms with Gasteiger partial charge in [0, 0.05) is 17.5 Å². The van der Waals surface area contributed by atoms with Crippen molar-refractivity contribution >= 4 is 0 Å². The summed E-state index contributed by atoms with van der Waals surface area (Å²) in [7, 11) is 0. The summed E-state index contributed by atoms with van der Waals surface area (Å²) in [6.45, 7) is 3.35. The van der Waals surface area contributed by atoms with Gasteiger partial charge in [0.1, 0.15) is 5.82 Å².